The van der Waals surface area contributed by atoms with Crippen molar-refractivity contribution in [1.29, 1.82) is 0 Å². The molecule has 0 spiro atoms. The summed E-state index contributed by atoms with van der Waals surface area (Å²) in [6.45, 7) is 6.72. The molecule has 1 fully saturated rings. The SMILES string of the molecule is CC(C)(CNc1nc(Cl)nc(N2CCOCC2)n1)CNc1cc(S(=O)(=O)O)c(N)c2c1C(=O)c1ccccc1C2=O. The molecular formula is C26H28ClN7O6S. The minimum absolute atomic E-state index is 0.0367. The number of carbonyl (C=O) groups is 2. The Morgan fingerprint density at radius 1 is 1.02 bits per heavy atom. The number of ether oxygens (including phenoxy) is 1. The quantitative estimate of drug-likeness (QED) is 0.170. The summed E-state index contributed by atoms with van der Waals surface area (Å²) in [6, 6.07) is 7.29. The molecule has 2 heterocycles. The van der Waals surface area contributed by atoms with E-state index in [0.717, 1.165) is 6.07 Å². The number of nitrogens with zero attached hydrogens (tertiary/aromatic N) is 4. The topological polar surface area (TPSA) is 190 Å². The van der Waals surface area contributed by atoms with Crippen LogP contribution in [0.5, 0.6) is 0 Å². The van der Waals surface area contributed by atoms with Gasteiger partial charge >= 0.3 is 0 Å². The van der Waals surface area contributed by atoms with E-state index < -0.39 is 37.7 Å². The summed E-state index contributed by atoms with van der Waals surface area (Å²) in [5.74, 6) is -0.389. The van der Waals surface area contributed by atoms with Crippen LogP contribution >= 0.6 is 11.6 Å². The Labute approximate surface area is 241 Å². The number of aromatic nitrogens is 3. The number of hydrogen-bond acceptors (Lipinski definition) is 12. The van der Waals surface area contributed by atoms with Gasteiger partial charge in [-0.1, -0.05) is 38.1 Å². The highest BCUT2D eigenvalue weighted by molar-refractivity contribution is 7.86. The van der Waals surface area contributed by atoms with Crippen LogP contribution in [0.15, 0.2) is 35.2 Å². The molecule has 1 aliphatic heterocycles. The van der Waals surface area contributed by atoms with E-state index in [1.165, 1.54) is 12.1 Å². The average Bonchev–Trinajstić information content (AvgIpc) is 2.93. The van der Waals surface area contributed by atoms with Crippen LogP contribution in [0, 0.1) is 5.41 Å². The van der Waals surface area contributed by atoms with Gasteiger partial charge in [-0.2, -0.15) is 23.4 Å². The molecule has 2 aliphatic rings. The molecule has 3 aromatic rings. The lowest BCUT2D eigenvalue weighted by Crippen LogP contribution is -2.37. The molecule has 1 aliphatic carbocycles. The summed E-state index contributed by atoms with van der Waals surface area (Å²) in [4.78, 5) is 41.0. The van der Waals surface area contributed by atoms with Gasteiger partial charge in [0.2, 0.25) is 17.2 Å². The van der Waals surface area contributed by atoms with Crippen molar-refractivity contribution in [3.63, 3.8) is 0 Å². The number of rotatable bonds is 8. The second-order valence-electron chi connectivity index (χ2n) is 10.5. The van der Waals surface area contributed by atoms with E-state index in [1.54, 1.807) is 12.1 Å². The van der Waals surface area contributed by atoms with Gasteiger partial charge in [-0.25, -0.2) is 0 Å². The van der Waals surface area contributed by atoms with Crippen molar-refractivity contribution in [2.45, 2.75) is 18.7 Å². The number of anilines is 4. The Balaban J connectivity index is 1.40. The van der Waals surface area contributed by atoms with Crippen LogP contribution in [0.4, 0.5) is 23.3 Å². The van der Waals surface area contributed by atoms with Crippen LogP contribution in [0.1, 0.15) is 45.7 Å². The summed E-state index contributed by atoms with van der Waals surface area (Å²) < 4.78 is 39.5. The first kappa shape index (κ1) is 28.7. The number of nitrogens with one attached hydrogen (secondary N) is 2. The minimum Gasteiger partial charge on any atom is -0.397 e. The van der Waals surface area contributed by atoms with Gasteiger partial charge in [0, 0.05) is 43.0 Å². The minimum atomic E-state index is -4.81. The highest BCUT2D eigenvalue weighted by Gasteiger charge is 2.36. The number of hydrogen-bond donors (Lipinski definition) is 4. The van der Waals surface area contributed by atoms with Gasteiger partial charge in [0.15, 0.2) is 11.6 Å². The van der Waals surface area contributed by atoms with Crippen LogP contribution in [0.25, 0.3) is 0 Å². The maximum atomic E-state index is 13.5. The Morgan fingerprint density at radius 3 is 2.27 bits per heavy atom. The molecule has 2 aromatic carbocycles. The first-order valence-corrected chi connectivity index (χ1v) is 14.5. The zero-order chi connectivity index (χ0) is 29.5. The average molecular weight is 602 g/mol. The fourth-order valence-electron chi connectivity index (χ4n) is 4.69. The first-order valence-electron chi connectivity index (χ1n) is 12.7. The van der Waals surface area contributed by atoms with Gasteiger partial charge in [0.1, 0.15) is 4.90 Å². The smallest absolute Gasteiger partial charge is 0.296 e. The number of nitrogens with two attached hydrogens (primary N) is 1. The number of halogens is 1. The molecule has 0 unspecified atom stereocenters. The Kier molecular flexibility index (Phi) is 7.59. The predicted octanol–water partition coefficient (Wildman–Crippen LogP) is 2.52. The summed E-state index contributed by atoms with van der Waals surface area (Å²) >= 11 is 6.14. The van der Waals surface area contributed by atoms with E-state index in [4.69, 9.17) is 22.1 Å². The van der Waals surface area contributed by atoms with Crippen LogP contribution in [-0.4, -0.2) is 78.9 Å². The van der Waals surface area contributed by atoms with E-state index in [1.807, 2.05) is 18.7 Å². The summed E-state index contributed by atoms with van der Waals surface area (Å²) in [7, 11) is -4.81. The van der Waals surface area contributed by atoms with Gasteiger partial charge in [-0.3, -0.25) is 14.1 Å². The Hall–Kier alpha value is -3.85. The number of carbonyl (C=O) groups excluding carboxylic acids is 2. The molecule has 0 atom stereocenters. The normalized spacial score (nSPS) is 15.4. The molecule has 0 amide bonds. The molecule has 5 N–H and O–H groups in total. The third kappa shape index (κ3) is 5.81. The van der Waals surface area contributed by atoms with Crippen molar-refractivity contribution in [1.82, 2.24) is 15.0 Å². The molecule has 0 saturated carbocycles. The van der Waals surface area contributed by atoms with Gasteiger partial charge in [0.25, 0.3) is 10.1 Å². The van der Waals surface area contributed by atoms with E-state index >= 15 is 0 Å². The lowest BCUT2D eigenvalue weighted by Gasteiger charge is -2.29. The molecule has 5 rings (SSSR count). The zero-order valence-corrected chi connectivity index (χ0v) is 23.8. The number of benzene rings is 2. The Morgan fingerprint density at radius 2 is 1.63 bits per heavy atom. The zero-order valence-electron chi connectivity index (χ0n) is 22.3. The standard InChI is InChI=1S/C26H28ClN7O6S/c1-26(2,13-30-24-31-23(27)32-25(33-24)34-7-9-40-10-8-34)12-29-16-11-17(41(37,38)39)20(28)19-18(16)21(35)14-5-3-4-6-15(14)22(19)36/h3-6,11,29H,7-10,12-13,28H2,1-2H3,(H,37,38,39)(H,30,31,32,33). The fourth-order valence-corrected chi connectivity index (χ4v) is 5.49. The maximum absolute atomic E-state index is 13.5. The van der Waals surface area contributed by atoms with Crippen LogP contribution in [0.2, 0.25) is 5.28 Å². The monoisotopic (exact) mass is 601 g/mol. The van der Waals surface area contributed by atoms with E-state index in [2.05, 4.69) is 25.6 Å². The molecule has 216 valence electrons. The number of morpholine rings is 1. The predicted molar refractivity (Wildman–Crippen MR) is 153 cm³/mol. The van der Waals surface area contributed by atoms with Crippen LogP contribution in [0.3, 0.4) is 0 Å². The van der Waals surface area contributed by atoms with Crippen molar-refractivity contribution in [2.24, 2.45) is 5.41 Å². The molecular weight excluding hydrogens is 574 g/mol. The molecule has 1 aromatic heterocycles. The van der Waals surface area contributed by atoms with Gasteiger partial charge in [-0.15, -0.1) is 0 Å². The molecule has 0 bridgehead atoms. The molecule has 15 heteroatoms. The number of nitrogen functional groups attached to an aromatic ring is 1. The first-order chi connectivity index (χ1) is 19.4. The lowest BCUT2D eigenvalue weighted by atomic mass is 9.82. The second-order valence-corrected chi connectivity index (χ2v) is 12.2. The Bertz CT molecular complexity index is 1660. The van der Waals surface area contributed by atoms with E-state index in [-0.39, 0.29) is 45.7 Å². The van der Waals surface area contributed by atoms with Crippen molar-refractivity contribution < 1.29 is 27.3 Å². The summed E-state index contributed by atoms with van der Waals surface area (Å²) in [6.07, 6.45) is 0. The van der Waals surface area contributed by atoms with Crippen LogP contribution < -0.4 is 21.3 Å². The summed E-state index contributed by atoms with van der Waals surface area (Å²) in [5.41, 5.74) is 5.05. The van der Waals surface area contributed by atoms with Gasteiger partial charge in [0.05, 0.1) is 30.0 Å². The van der Waals surface area contributed by atoms with Gasteiger partial charge < -0.3 is 26.0 Å². The molecule has 0 radical (unpaired) electrons. The highest BCUT2D eigenvalue weighted by atomic mass is 35.5. The van der Waals surface area contributed by atoms with Crippen molar-refractivity contribution in [3.05, 3.63) is 57.9 Å². The third-order valence-corrected chi connectivity index (χ3v) is 7.91. The maximum Gasteiger partial charge on any atom is 0.296 e. The largest absolute Gasteiger partial charge is 0.397 e. The van der Waals surface area contributed by atoms with E-state index in [9.17, 15) is 22.6 Å². The molecule has 1 saturated heterocycles. The third-order valence-electron chi connectivity index (χ3n) is 6.85. The summed E-state index contributed by atoms with van der Waals surface area (Å²) in [5, 5.41) is 6.29. The fraction of sp³-hybridized carbons (Fsp3) is 0.346. The van der Waals surface area contributed by atoms with E-state index in [0.29, 0.717) is 38.8 Å². The number of fused-ring (bicyclic) bond motifs is 2. The van der Waals surface area contributed by atoms with Crippen LogP contribution in [-0.2, 0) is 14.9 Å². The van der Waals surface area contributed by atoms with Gasteiger partial charge in [-0.05, 0) is 23.1 Å². The second kappa shape index (κ2) is 10.9. The van der Waals surface area contributed by atoms with Crippen molar-refractivity contribution >= 4 is 56.6 Å². The number of ketones is 2. The highest BCUT2D eigenvalue weighted by Crippen LogP contribution is 2.39. The van der Waals surface area contributed by atoms with Crippen molar-refractivity contribution in [3.8, 4) is 0 Å². The lowest BCUT2D eigenvalue weighted by molar-refractivity contribution is 0.0980. The molecule has 13 nitrogen and oxygen atoms in total. The van der Waals surface area contributed by atoms with Crippen molar-refractivity contribution in [2.75, 3.05) is 60.7 Å². The molecule has 41 heavy (non-hydrogen) atoms.